The van der Waals surface area contributed by atoms with Crippen molar-refractivity contribution < 1.29 is 23.5 Å². The molecular weight excluding hydrogens is 348 g/mol. The largest absolute Gasteiger partial charge is 0.493 e. The number of nitrogens with zero attached hydrogens (tertiary/aromatic N) is 1. The molecule has 27 heavy (non-hydrogen) atoms. The summed E-state index contributed by atoms with van der Waals surface area (Å²) in [5, 5.41) is 2.98. The number of amides is 2. The van der Waals surface area contributed by atoms with E-state index in [0.717, 1.165) is 5.56 Å². The monoisotopic (exact) mass is 372 g/mol. The van der Waals surface area contributed by atoms with Gasteiger partial charge >= 0.3 is 0 Å². The number of hydrogen-bond donors (Lipinski definition) is 1. The maximum absolute atomic E-state index is 12.7. The van der Waals surface area contributed by atoms with Crippen molar-refractivity contribution in [3.05, 3.63) is 41.9 Å². The number of likely N-dealkylation sites (tertiary alicyclic amines) is 1. The van der Waals surface area contributed by atoms with Crippen LogP contribution in [0.4, 0.5) is 5.69 Å². The summed E-state index contributed by atoms with van der Waals surface area (Å²) in [4.78, 5) is 26.7. The van der Waals surface area contributed by atoms with Crippen LogP contribution in [0.15, 0.2) is 34.9 Å². The number of carbonyl (C=O) groups excluding carboxylic acids is 2. The van der Waals surface area contributed by atoms with Crippen LogP contribution in [-0.4, -0.2) is 44.0 Å². The topological polar surface area (TPSA) is 81.0 Å². The molecule has 1 aliphatic heterocycles. The van der Waals surface area contributed by atoms with E-state index in [1.807, 2.05) is 13.0 Å². The number of methoxy groups -OCH3 is 2. The molecule has 1 fully saturated rings. The number of piperidine rings is 1. The van der Waals surface area contributed by atoms with E-state index in [2.05, 4.69) is 5.32 Å². The van der Waals surface area contributed by atoms with Crippen molar-refractivity contribution in [2.45, 2.75) is 19.8 Å². The Morgan fingerprint density at radius 3 is 2.41 bits per heavy atom. The van der Waals surface area contributed by atoms with Gasteiger partial charge in [0, 0.05) is 30.8 Å². The lowest BCUT2D eigenvalue weighted by Crippen LogP contribution is -2.41. The molecule has 0 radical (unpaired) electrons. The number of furan rings is 1. The average molecular weight is 372 g/mol. The van der Waals surface area contributed by atoms with Gasteiger partial charge < -0.3 is 24.1 Å². The highest BCUT2D eigenvalue weighted by atomic mass is 16.5. The SMILES string of the molecule is COc1cc(C)c(NC(=O)C2CCN(C(=O)c3ccco3)CC2)cc1OC. The molecule has 2 amide bonds. The molecule has 2 heterocycles. The van der Waals surface area contributed by atoms with E-state index in [-0.39, 0.29) is 17.7 Å². The third kappa shape index (κ3) is 4.07. The van der Waals surface area contributed by atoms with Gasteiger partial charge in [-0.1, -0.05) is 0 Å². The maximum Gasteiger partial charge on any atom is 0.289 e. The smallest absolute Gasteiger partial charge is 0.289 e. The van der Waals surface area contributed by atoms with Crippen molar-refractivity contribution in [1.82, 2.24) is 4.90 Å². The van der Waals surface area contributed by atoms with Crippen LogP contribution in [0.3, 0.4) is 0 Å². The van der Waals surface area contributed by atoms with Crippen LogP contribution in [0.2, 0.25) is 0 Å². The van der Waals surface area contributed by atoms with Gasteiger partial charge in [-0.05, 0) is 43.5 Å². The first-order chi connectivity index (χ1) is 13.0. The molecular formula is C20H24N2O5. The third-order valence-corrected chi connectivity index (χ3v) is 4.87. The zero-order valence-corrected chi connectivity index (χ0v) is 15.8. The Balaban J connectivity index is 1.61. The number of carbonyl (C=O) groups is 2. The Kier molecular flexibility index (Phi) is 5.69. The summed E-state index contributed by atoms with van der Waals surface area (Å²) in [6.45, 7) is 2.97. The normalized spacial score (nSPS) is 14.7. The van der Waals surface area contributed by atoms with Gasteiger partial charge in [0.15, 0.2) is 17.3 Å². The predicted molar refractivity (Wildman–Crippen MR) is 100 cm³/mol. The summed E-state index contributed by atoms with van der Waals surface area (Å²) >= 11 is 0. The van der Waals surface area contributed by atoms with Gasteiger partial charge in [0.1, 0.15) is 0 Å². The van der Waals surface area contributed by atoms with Crippen molar-refractivity contribution >= 4 is 17.5 Å². The predicted octanol–water partition coefficient (Wildman–Crippen LogP) is 3.10. The minimum Gasteiger partial charge on any atom is -0.493 e. The highest BCUT2D eigenvalue weighted by Gasteiger charge is 2.29. The molecule has 2 aromatic rings. The zero-order valence-electron chi connectivity index (χ0n) is 15.8. The molecule has 7 nitrogen and oxygen atoms in total. The first-order valence-corrected chi connectivity index (χ1v) is 8.89. The van der Waals surface area contributed by atoms with Crippen molar-refractivity contribution in [2.24, 2.45) is 5.92 Å². The zero-order chi connectivity index (χ0) is 19.4. The Morgan fingerprint density at radius 1 is 1.15 bits per heavy atom. The Labute approximate surface area is 158 Å². The summed E-state index contributed by atoms with van der Waals surface area (Å²) in [6.07, 6.45) is 2.72. The van der Waals surface area contributed by atoms with Crippen molar-refractivity contribution in [3.63, 3.8) is 0 Å². The van der Waals surface area contributed by atoms with Gasteiger partial charge in [0.25, 0.3) is 5.91 Å². The molecule has 3 rings (SSSR count). The van der Waals surface area contributed by atoms with Crippen LogP contribution in [0.25, 0.3) is 0 Å². The van der Waals surface area contributed by atoms with Crippen LogP contribution in [0.1, 0.15) is 29.0 Å². The fraction of sp³-hybridized carbons (Fsp3) is 0.400. The lowest BCUT2D eigenvalue weighted by Gasteiger charge is -2.31. The van der Waals surface area contributed by atoms with Crippen LogP contribution < -0.4 is 14.8 Å². The number of rotatable bonds is 5. The summed E-state index contributed by atoms with van der Waals surface area (Å²) in [5.41, 5.74) is 1.60. The maximum atomic E-state index is 12.7. The second kappa shape index (κ2) is 8.16. The van der Waals surface area contributed by atoms with Crippen molar-refractivity contribution in [3.8, 4) is 11.5 Å². The highest BCUT2D eigenvalue weighted by Crippen LogP contribution is 2.33. The lowest BCUT2D eigenvalue weighted by molar-refractivity contribution is -0.121. The molecule has 0 saturated carbocycles. The standard InChI is InChI=1S/C20H24N2O5/c1-13-11-17(25-2)18(26-3)12-15(13)21-19(23)14-6-8-22(9-7-14)20(24)16-5-4-10-27-16/h4-5,10-12,14H,6-9H2,1-3H3,(H,21,23). The fourth-order valence-corrected chi connectivity index (χ4v) is 3.25. The molecule has 144 valence electrons. The van der Waals surface area contributed by atoms with Crippen molar-refractivity contribution in [1.29, 1.82) is 0 Å². The van der Waals surface area contributed by atoms with E-state index >= 15 is 0 Å². The van der Waals surface area contributed by atoms with E-state index in [0.29, 0.717) is 48.9 Å². The summed E-state index contributed by atoms with van der Waals surface area (Å²) in [6, 6.07) is 6.95. The molecule has 7 heteroatoms. The number of nitrogens with one attached hydrogen (secondary N) is 1. The van der Waals surface area contributed by atoms with E-state index in [1.54, 1.807) is 37.3 Å². The van der Waals surface area contributed by atoms with E-state index in [4.69, 9.17) is 13.9 Å². The molecule has 0 aliphatic carbocycles. The second-order valence-electron chi connectivity index (χ2n) is 6.56. The highest BCUT2D eigenvalue weighted by molar-refractivity contribution is 5.94. The molecule has 1 aliphatic rings. The van der Waals surface area contributed by atoms with Gasteiger partial charge in [0.05, 0.1) is 20.5 Å². The quantitative estimate of drug-likeness (QED) is 0.872. The lowest BCUT2D eigenvalue weighted by atomic mass is 9.95. The van der Waals surface area contributed by atoms with Crippen LogP contribution >= 0.6 is 0 Å². The van der Waals surface area contributed by atoms with Crippen molar-refractivity contribution in [2.75, 3.05) is 32.6 Å². The molecule has 0 spiro atoms. The summed E-state index contributed by atoms with van der Waals surface area (Å²) in [5.74, 6) is 1.21. The average Bonchev–Trinajstić information content (AvgIpc) is 3.23. The van der Waals surface area contributed by atoms with Crippen LogP contribution in [0, 0.1) is 12.8 Å². The first-order valence-electron chi connectivity index (χ1n) is 8.89. The summed E-state index contributed by atoms with van der Waals surface area (Å²) in [7, 11) is 3.14. The van der Waals surface area contributed by atoms with Crippen LogP contribution in [0.5, 0.6) is 11.5 Å². The first kappa shape index (κ1) is 18.8. The molecule has 1 saturated heterocycles. The Bertz CT molecular complexity index is 808. The molecule has 1 N–H and O–H groups in total. The molecule has 0 unspecified atom stereocenters. The minimum atomic E-state index is -0.141. The number of hydrogen-bond acceptors (Lipinski definition) is 5. The van der Waals surface area contributed by atoms with Gasteiger partial charge in [-0.2, -0.15) is 0 Å². The molecule has 1 aromatic heterocycles. The van der Waals surface area contributed by atoms with Gasteiger partial charge in [-0.25, -0.2) is 0 Å². The number of aryl methyl sites for hydroxylation is 1. The summed E-state index contributed by atoms with van der Waals surface area (Å²) < 4.78 is 15.7. The Morgan fingerprint density at radius 2 is 1.81 bits per heavy atom. The number of anilines is 1. The second-order valence-corrected chi connectivity index (χ2v) is 6.56. The van der Waals surface area contributed by atoms with E-state index in [1.165, 1.54) is 6.26 Å². The van der Waals surface area contributed by atoms with Gasteiger partial charge in [0.2, 0.25) is 5.91 Å². The van der Waals surface area contributed by atoms with E-state index < -0.39 is 0 Å². The molecule has 1 aromatic carbocycles. The minimum absolute atomic E-state index is 0.0459. The number of ether oxygens (including phenoxy) is 2. The third-order valence-electron chi connectivity index (χ3n) is 4.87. The van der Waals surface area contributed by atoms with E-state index in [9.17, 15) is 9.59 Å². The van der Waals surface area contributed by atoms with Gasteiger partial charge in [-0.3, -0.25) is 9.59 Å². The Hall–Kier alpha value is -2.96. The number of benzene rings is 1. The van der Waals surface area contributed by atoms with Crippen LogP contribution in [-0.2, 0) is 4.79 Å². The molecule has 0 atom stereocenters. The fourth-order valence-electron chi connectivity index (χ4n) is 3.25. The molecule has 0 bridgehead atoms. The van der Waals surface area contributed by atoms with Gasteiger partial charge in [-0.15, -0.1) is 0 Å².